The van der Waals surface area contributed by atoms with E-state index in [-0.39, 0.29) is 12.5 Å². The van der Waals surface area contributed by atoms with Gasteiger partial charge in [0, 0.05) is 18.1 Å². The normalized spacial score (nSPS) is 10.3. The predicted octanol–water partition coefficient (Wildman–Crippen LogP) is 1.63. The number of hydrogen-bond donors (Lipinski definition) is 0. The molecule has 0 N–H and O–H groups in total. The molecule has 2 rings (SSSR count). The van der Waals surface area contributed by atoms with Crippen LogP contribution >= 0.6 is 0 Å². The molecule has 2 aromatic rings. The van der Waals surface area contributed by atoms with Crippen molar-refractivity contribution in [2.45, 2.75) is 6.92 Å². The number of esters is 1. The molecule has 0 saturated carbocycles. The van der Waals surface area contributed by atoms with Crippen LogP contribution in [0.3, 0.4) is 0 Å². The highest BCUT2D eigenvalue weighted by Crippen LogP contribution is 2.14. The van der Waals surface area contributed by atoms with Crippen LogP contribution in [0.25, 0.3) is 10.9 Å². The molecule has 0 amide bonds. The lowest BCUT2D eigenvalue weighted by Gasteiger charge is -2.19. The van der Waals surface area contributed by atoms with Gasteiger partial charge in [0.1, 0.15) is 6.54 Å². The van der Waals surface area contributed by atoms with E-state index in [0.717, 1.165) is 10.9 Å². The topological polar surface area (TPSA) is 55.3 Å². The van der Waals surface area contributed by atoms with E-state index in [0.29, 0.717) is 12.5 Å². The summed E-state index contributed by atoms with van der Waals surface area (Å²) in [6.45, 7) is 2.75. The monoisotopic (exact) mass is 245 g/mol. The Kier molecular flexibility index (Phi) is 3.72. The second kappa shape index (κ2) is 5.44. The summed E-state index contributed by atoms with van der Waals surface area (Å²) >= 11 is 0. The van der Waals surface area contributed by atoms with Crippen LogP contribution in [0.15, 0.2) is 30.5 Å². The molecule has 0 unspecified atom stereocenters. The molecule has 0 aliphatic rings. The first kappa shape index (κ1) is 12.3. The van der Waals surface area contributed by atoms with E-state index in [1.807, 2.05) is 31.2 Å². The first-order valence-electron chi connectivity index (χ1n) is 5.78. The Hall–Kier alpha value is -2.17. The number of rotatable bonds is 4. The molecule has 1 aromatic carbocycles. The lowest BCUT2D eigenvalue weighted by molar-refractivity contribution is -0.138. The second-order valence-electron chi connectivity index (χ2n) is 3.82. The number of fused-ring (bicyclic) bond motifs is 1. The Morgan fingerprint density at radius 3 is 2.89 bits per heavy atom. The highest BCUT2D eigenvalue weighted by molar-refractivity contribution is 5.79. The van der Waals surface area contributed by atoms with Gasteiger partial charge in [0.05, 0.1) is 12.6 Å². The number of likely N-dealkylation sites (N-methyl/N-ethyl adjacent to an activating group) is 1. The van der Waals surface area contributed by atoms with Gasteiger partial charge in [-0.1, -0.05) is 18.2 Å². The van der Waals surface area contributed by atoms with Gasteiger partial charge in [-0.2, -0.15) is 0 Å². The highest BCUT2D eigenvalue weighted by Gasteiger charge is 2.12. The van der Waals surface area contributed by atoms with Crippen molar-refractivity contribution in [3.05, 3.63) is 30.5 Å². The van der Waals surface area contributed by atoms with Crippen LogP contribution in [-0.4, -0.2) is 36.1 Å². The van der Waals surface area contributed by atoms with Crippen LogP contribution in [0.5, 0.6) is 0 Å². The van der Waals surface area contributed by atoms with E-state index >= 15 is 0 Å². The third kappa shape index (κ3) is 2.56. The van der Waals surface area contributed by atoms with E-state index in [1.54, 1.807) is 11.1 Å². The Balaban J connectivity index is 2.30. The summed E-state index contributed by atoms with van der Waals surface area (Å²) < 4.78 is 4.66. The molecular formula is C13H15N3O2. The molecular weight excluding hydrogens is 230 g/mol. The Labute approximate surface area is 105 Å². The highest BCUT2D eigenvalue weighted by atomic mass is 16.5. The van der Waals surface area contributed by atoms with Gasteiger partial charge in [-0.25, -0.2) is 9.97 Å². The number of ether oxygens (including phenoxy) is 1. The van der Waals surface area contributed by atoms with Gasteiger partial charge in [-0.15, -0.1) is 0 Å². The van der Waals surface area contributed by atoms with Crippen molar-refractivity contribution in [2.75, 3.05) is 25.1 Å². The van der Waals surface area contributed by atoms with Crippen LogP contribution in [0.1, 0.15) is 6.92 Å². The van der Waals surface area contributed by atoms with Crippen molar-refractivity contribution < 1.29 is 9.53 Å². The van der Waals surface area contributed by atoms with Gasteiger partial charge in [0.2, 0.25) is 5.95 Å². The second-order valence-corrected chi connectivity index (χ2v) is 3.82. The number of para-hydroxylation sites is 1. The summed E-state index contributed by atoms with van der Waals surface area (Å²) in [6.07, 6.45) is 1.76. The maximum Gasteiger partial charge on any atom is 0.325 e. The lowest BCUT2D eigenvalue weighted by atomic mass is 10.2. The summed E-state index contributed by atoms with van der Waals surface area (Å²) in [5.41, 5.74) is 0.866. The molecule has 0 aliphatic heterocycles. The van der Waals surface area contributed by atoms with Gasteiger partial charge in [0.25, 0.3) is 0 Å². The van der Waals surface area contributed by atoms with E-state index < -0.39 is 0 Å². The molecule has 0 aliphatic carbocycles. The predicted molar refractivity (Wildman–Crippen MR) is 69.4 cm³/mol. The number of methoxy groups -OCH3 is 1. The smallest absolute Gasteiger partial charge is 0.325 e. The maximum absolute atomic E-state index is 11.3. The summed E-state index contributed by atoms with van der Waals surface area (Å²) in [7, 11) is 1.37. The molecule has 94 valence electrons. The molecule has 0 bridgehead atoms. The Morgan fingerprint density at radius 2 is 2.17 bits per heavy atom. The quantitative estimate of drug-likeness (QED) is 0.766. The summed E-state index contributed by atoms with van der Waals surface area (Å²) in [4.78, 5) is 21.8. The zero-order valence-electron chi connectivity index (χ0n) is 10.5. The molecule has 18 heavy (non-hydrogen) atoms. The molecule has 0 radical (unpaired) electrons. The lowest BCUT2D eigenvalue weighted by Crippen LogP contribution is -2.31. The van der Waals surface area contributed by atoms with Crippen LogP contribution in [-0.2, 0) is 9.53 Å². The van der Waals surface area contributed by atoms with Crippen molar-refractivity contribution in [3.8, 4) is 0 Å². The van der Waals surface area contributed by atoms with E-state index in [4.69, 9.17) is 0 Å². The summed E-state index contributed by atoms with van der Waals surface area (Å²) in [6, 6.07) is 7.75. The third-order valence-corrected chi connectivity index (χ3v) is 2.69. The molecule has 5 nitrogen and oxygen atoms in total. The van der Waals surface area contributed by atoms with Crippen molar-refractivity contribution >= 4 is 22.8 Å². The first-order valence-corrected chi connectivity index (χ1v) is 5.78. The first-order chi connectivity index (χ1) is 8.74. The average molecular weight is 245 g/mol. The van der Waals surface area contributed by atoms with E-state index in [9.17, 15) is 4.79 Å². The number of hydrogen-bond acceptors (Lipinski definition) is 5. The van der Waals surface area contributed by atoms with Gasteiger partial charge < -0.3 is 9.64 Å². The fourth-order valence-electron chi connectivity index (χ4n) is 1.66. The minimum atomic E-state index is -0.298. The van der Waals surface area contributed by atoms with Crippen LogP contribution < -0.4 is 4.90 Å². The number of anilines is 1. The molecule has 5 heteroatoms. The maximum atomic E-state index is 11.3. The molecule has 0 spiro atoms. The standard InChI is InChI=1S/C13H15N3O2/c1-3-16(9-12(17)18-2)13-14-8-10-6-4-5-7-11(10)15-13/h4-8H,3,9H2,1-2H3. The average Bonchev–Trinajstić information content (AvgIpc) is 2.44. The zero-order valence-corrected chi connectivity index (χ0v) is 10.5. The number of aromatic nitrogens is 2. The molecule has 1 aromatic heterocycles. The Morgan fingerprint density at radius 1 is 1.39 bits per heavy atom. The van der Waals surface area contributed by atoms with Crippen molar-refractivity contribution in [2.24, 2.45) is 0 Å². The fourth-order valence-corrected chi connectivity index (χ4v) is 1.66. The molecule has 0 saturated heterocycles. The minimum Gasteiger partial charge on any atom is -0.468 e. The largest absolute Gasteiger partial charge is 0.468 e. The number of benzene rings is 1. The molecule has 0 atom stereocenters. The van der Waals surface area contributed by atoms with E-state index in [1.165, 1.54) is 7.11 Å². The third-order valence-electron chi connectivity index (χ3n) is 2.69. The van der Waals surface area contributed by atoms with Gasteiger partial charge >= 0.3 is 5.97 Å². The number of carbonyl (C=O) groups excluding carboxylic acids is 1. The fraction of sp³-hybridized carbons (Fsp3) is 0.308. The SMILES string of the molecule is CCN(CC(=O)OC)c1ncc2ccccc2n1. The van der Waals surface area contributed by atoms with Crippen LogP contribution in [0, 0.1) is 0 Å². The van der Waals surface area contributed by atoms with Crippen molar-refractivity contribution in [1.29, 1.82) is 0 Å². The zero-order chi connectivity index (χ0) is 13.0. The number of nitrogens with zero attached hydrogens (tertiary/aromatic N) is 3. The van der Waals surface area contributed by atoms with E-state index in [2.05, 4.69) is 14.7 Å². The summed E-state index contributed by atoms with van der Waals surface area (Å²) in [5, 5.41) is 0.982. The van der Waals surface area contributed by atoms with Crippen molar-refractivity contribution in [1.82, 2.24) is 9.97 Å². The van der Waals surface area contributed by atoms with Gasteiger partial charge in [-0.3, -0.25) is 4.79 Å². The Bertz CT molecular complexity index is 557. The van der Waals surface area contributed by atoms with Crippen molar-refractivity contribution in [3.63, 3.8) is 0 Å². The van der Waals surface area contributed by atoms with Crippen LogP contribution in [0.4, 0.5) is 5.95 Å². The molecule has 0 fully saturated rings. The van der Waals surface area contributed by atoms with Gasteiger partial charge in [0.15, 0.2) is 0 Å². The summed E-state index contributed by atoms with van der Waals surface area (Å²) in [5.74, 6) is 0.246. The van der Waals surface area contributed by atoms with Gasteiger partial charge in [-0.05, 0) is 13.0 Å². The van der Waals surface area contributed by atoms with Crippen LogP contribution in [0.2, 0.25) is 0 Å². The molecule has 1 heterocycles. The number of carbonyl (C=O) groups is 1. The minimum absolute atomic E-state index is 0.158.